The highest BCUT2D eigenvalue weighted by atomic mass is 32.2. The van der Waals surface area contributed by atoms with Crippen LogP contribution in [-0.2, 0) is 24.1 Å². The average molecular weight is 416 g/mol. The standard InChI is InChI=1S/C17H20O8S2/c1-12-8-9-15(26(2,20)21)16(10-12)27(22,23)25-17(14(19)11-18)24-13-6-4-3-5-7-13/h3-10,14,17-19H,11H2,1-2H3. The SMILES string of the molecule is Cc1ccc(S(C)(=O)=O)c(S(=O)(=O)OC(Oc2ccccc2)C(O)CO)c1. The smallest absolute Gasteiger partial charge is 0.301 e. The minimum atomic E-state index is -4.65. The van der Waals surface area contributed by atoms with Gasteiger partial charge in [0.25, 0.3) is 0 Å². The molecule has 2 rings (SSSR count). The van der Waals surface area contributed by atoms with E-state index in [0.717, 1.165) is 18.4 Å². The van der Waals surface area contributed by atoms with Crippen molar-refractivity contribution in [1.29, 1.82) is 0 Å². The predicted octanol–water partition coefficient (Wildman–Crippen LogP) is 0.862. The quantitative estimate of drug-likeness (QED) is 0.479. The Morgan fingerprint density at radius 3 is 2.19 bits per heavy atom. The summed E-state index contributed by atoms with van der Waals surface area (Å²) in [5.74, 6) is 0.192. The van der Waals surface area contributed by atoms with Gasteiger partial charge in [-0.2, -0.15) is 8.42 Å². The number of rotatable bonds is 8. The van der Waals surface area contributed by atoms with E-state index in [0.29, 0.717) is 5.56 Å². The van der Waals surface area contributed by atoms with Gasteiger partial charge in [-0.1, -0.05) is 24.3 Å². The molecule has 10 heteroatoms. The molecule has 0 aromatic heterocycles. The summed E-state index contributed by atoms with van der Waals surface area (Å²) < 4.78 is 59.6. The Labute approximate surface area is 158 Å². The van der Waals surface area contributed by atoms with E-state index in [1.54, 1.807) is 25.1 Å². The van der Waals surface area contributed by atoms with Crippen LogP contribution in [0.15, 0.2) is 58.3 Å². The van der Waals surface area contributed by atoms with E-state index in [4.69, 9.17) is 8.92 Å². The highest BCUT2D eigenvalue weighted by Gasteiger charge is 2.32. The van der Waals surface area contributed by atoms with Crippen LogP contribution in [0.25, 0.3) is 0 Å². The van der Waals surface area contributed by atoms with Gasteiger partial charge < -0.3 is 14.9 Å². The van der Waals surface area contributed by atoms with Gasteiger partial charge in [0.15, 0.2) is 9.84 Å². The van der Waals surface area contributed by atoms with E-state index in [9.17, 15) is 27.0 Å². The molecule has 0 aliphatic carbocycles. The fraction of sp³-hybridized carbons (Fsp3) is 0.294. The van der Waals surface area contributed by atoms with Crippen LogP contribution in [-0.4, -0.2) is 52.3 Å². The minimum absolute atomic E-state index is 0.192. The first-order valence-corrected chi connectivity index (χ1v) is 11.1. The van der Waals surface area contributed by atoms with Crippen molar-refractivity contribution < 1.29 is 36.0 Å². The molecule has 0 bridgehead atoms. The Morgan fingerprint density at radius 1 is 1.00 bits per heavy atom. The van der Waals surface area contributed by atoms with Crippen molar-refractivity contribution in [3.05, 3.63) is 54.1 Å². The van der Waals surface area contributed by atoms with Crippen LogP contribution in [0, 0.1) is 6.92 Å². The van der Waals surface area contributed by atoms with Gasteiger partial charge in [-0.3, -0.25) is 0 Å². The van der Waals surface area contributed by atoms with Gasteiger partial charge in [0.05, 0.1) is 11.5 Å². The maximum atomic E-state index is 12.7. The molecule has 0 aliphatic heterocycles. The van der Waals surface area contributed by atoms with Crippen LogP contribution in [0.3, 0.4) is 0 Å². The number of benzene rings is 2. The molecule has 8 nitrogen and oxygen atoms in total. The van der Waals surface area contributed by atoms with Crippen molar-refractivity contribution in [2.24, 2.45) is 0 Å². The molecular weight excluding hydrogens is 396 g/mol. The molecule has 0 saturated heterocycles. The summed E-state index contributed by atoms with van der Waals surface area (Å²) in [6.07, 6.45) is -2.60. The summed E-state index contributed by atoms with van der Waals surface area (Å²) in [6, 6.07) is 11.7. The minimum Gasteiger partial charge on any atom is -0.461 e. The molecule has 0 aliphatic rings. The zero-order valence-electron chi connectivity index (χ0n) is 14.6. The molecule has 2 aromatic rings. The van der Waals surface area contributed by atoms with Crippen molar-refractivity contribution in [3.63, 3.8) is 0 Å². The molecule has 2 unspecified atom stereocenters. The van der Waals surface area contributed by atoms with Crippen molar-refractivity contribution in [3.8, 4) is 5.75 Å². The van der Waals surface area contributed by atoms with E-state index in [-0.39, 0.29) is 5.75 Å². The number of hydrogen-bond acceptors (Lipinski definition) is 8. The number of sulfone groups is 1. The maximum absolute atomic E-state index is 12.7. The lowest BCUT2D eigenvalue weighted by Crippen LogP contribution is -2.38. The molecule has 27 heavy (non-hydrogen) atoms. The Kier molecular flexibility index (Phi) is 6.60. The number of hydrogen-bond donors (Lipinski definition) is 2. The molecule has 0 spiro atoms. The Balaban J connectivity index is 2.44. The first-order chi connectivity index (χ1) is 12.5. The fourth-order valence-corrected chi connectivity index (χ4v) is 4.84. The molecule has 2 N–H and O–H groups in total. The summed E-state index contributed by atoms with van der Waals surface area (Å²) in [5, 5.41) is 19.1. The summed E-state index contributed by atoms with van der Waals surface area (Å²) in [6.45, 7) is 0.755. The molecule has 0 radical (unpaired) electrons. The summed E-state index contributed by atoms with van der Waals surface area (Å²) in [5.41, 5.74) is 0.493. The van der Waals surface area contributed by atoms with Crippen molar-refractivity contribution in [2.45, 2.75) is 29.1 Å². The van der Waals surface area contributed by atoms with Crippen LogP contribution in [0.2, 0.25) is 0 Å². The summed E-state index contributed by atoms with van der Waals surface area (Å²) >= 11 is 0. The lowest BCUT2D eigenvalue weighted by Gasteiger charge is -2.23. The molecule has 0 amide bonds. The lowest BCUT2D eigenvalue weighted by molar-refractivity contribution is -0.0989. The van der Waals surface area contributed by atoms with Gasteiger partial charge in [0.2, 0.25) is 6.29 Å². The van der Waals surface area contributed by atoms with E-state index in [2.05, 4.69) is 0 Å². The first kappa shape index (κ1) is 21.3. The molecule has 0 heterocycles. The van der Waals surface area contributed by atoms with Crippen LogP contribution >= 0.6 is 0 Å². The third-order valence-electron chi connectivity index (χ3n) is 3.49. The van der Waals surface area contributed by atoms with E-state index in [1.807, 2.05) is 0 Å². The molecule has 0 fully saturated rings. The van der Waals surface area contributed by atoms with Crippen LogP contribution in [0.5, 0.6) is 5.75 Å². The van der Waals surface area contributed by atoms with Crippen LogP contribution < -0.4 is 4.74 Å². The number of ether oxygens (including phenoxy) is 1. The number of aliphatic hydroxyl groups is 2. The lowest BCUT2D eigenvalue weighted by atomic mass is 10.2. The average Bonchev–Trinajstić information content (AvgIpc) is 2.60. The zero-order valence-corrected chi connectivity index (χ0v) is 16.3. The fourth-order valence-electron chi connectivity index (χ4n) is 2.18. The number of para-hydroxylation sites is 1. The van der Waals surface area contributed by atoms with E-state index in [1.165, 1.54) is 18.2 Å². The summed E-state index contributed by atoms with van der Waals surface area (Å²) in [7, 11) is -8.51. The Morgan fingerprint density at radius 2 is 1.63 bits per heavy atom. The molecule has 2 atom stereocenters. The number of aryl methyl sites for hydroxylation is 1. The highest BCUT2D eigenvalue weighted by molar-refractivity contribution is 7.92. The van der Waals surface area contributed by atoms with E-state index >= 15 is 0 Å². The molecular formula is C17H20O8S2. The van der Waals surface area contributed by atoms with Gasteiger partial charge in [0, 0.05) is 6.26 Å². The van der Waals surface area contributed by atoms with Gasteiger partial charge in [-0.15, -0.1) is 0 Å². The normalized spacial score (nSPS) is 14.5. The molecule has 148 valence electrons. The third-order valence-corrected chi connectivity index (χ3v) is 6.09. The third kappa shape index (κ3) is 5.50. The van der Waals surface area contributed by atoms with Gasteiger partial charge in [-0.25, -0.2) is 12.6 Å². The molecule has 0 saturated carbocycles. The van der Waals surface area contributed by atoms with Crippen molar-refractivity contribution in [2.75, 3.05) is 12.9 Å². The van der Waals surface area contributed by atoms with Crippen LogP contribution in [0.1, 0.15) is 5.56 Å². The highest BCUT2D eigenvalue weighted by Crippen LogP contribution is 2.26. The van der Waals surface area contributed by atoms with Gasteiger partial charge >= 0.3 is 10.1 Å². The number of aliphatic hydroxyl groups excluding tert-OH is 2. The van der Waals surface area contributed by atoms with E-state index < -0.39 is 48.7 Å². The Bertz CT molecular complexity index is 985. The molecule has 2 aromatic carbocycles. The van der Waals surface area contributed by atoms with Crippen LogP contribution in [0.4, 0.5) is 0 Å². The topological polar surface area (TPSA) is 127 Å². The largest absolute Gasteiger partial charge is 0.461 e. The monoisotopic (exact) mass is 416 g/mol. The second-order valence-electron chi connectivity index (χ2n) is 5.82. The zero-order chi connectivity index (χ0) is 20.2. The first-order valence-electron chi connectivity index (χ1n) is 7.79. The second kappa shape index (κ2) is 8.36. The van der Waals surface area contributed by atoms with Gasteiger partial charge in [0.1, 0.15) is 16.7 Å². The van der Waals surface area contributed by atoms with Crippen molar-refractivity contribution >= 4 is 20.0 Å². The Hall–Kier alpha value is -1.98. The maximum Gasteiger partial charge on any atom is 0.301 e. The van der Waals surface area contributed by atoms with Gasteiger partial charge in [-0.05, 0) is 36.8 Å². The second-order valence-corrected chi connectivity index (χ2v) is 9.35. The van der Waals surface area contributed by atoms with Crippen molar-refractivity contribution in [1.82, 2.24) is 0 Å². The predicted molar refractivity (Wildman–Crippen MR) is 96.5 cm³/mol. The summed E-state index contributed by atoms with van der Waals surface area (Å²) in [4.78, 5) is -1.01.